The molecule has 10 nitrogen and oxygen atoms in total. The fourth-order valence-electron chi connectivity index (χ4n) is 2.68. The van der Waals surface area contributed by atoms with Crippen LogP contribution in [0.1, 0.15) is 86.0 Å². The van der Waals surface area contributed by atoms with Gasteiger partial charge in [-0.25, -0.2) is 9.59 Å². The predicted octanol–water partition coefficient (Wildman–Crippen LogP) is 5.29. The molecule has 0 aliphatic carbocycles. The van der Waals surface area contributed by atoms with Crippen molar-refractivity contribution in [2.24, 2.45) is 0 Å². The van der Waals surface area contributed by atoms with Crippen molar-refractivity contribution in [2.45, 2.75) is 91.8 Å². The first kappa shape index (κ1) is 45.2. The van der Waals surface area contributed by atoms with Crippen molar-refractivity contribution in [3.8, 4) is 5.75 Å². The van der Waals surface area contributed by atoms with Crippen LogP contribution in [-0.2, 0) is 24.1 Å². The number of aliphatic hydroxyl groups is 4. The summed E-state index contributed by atoms with van der Waals surface area (Å²) >= 11 is 0. The van der Waals surface area contributed by atoms with E-state index in [2.05, 4.69) is 20.1 Å². The minimum absolute atomic E-state index is 0.250. The molecule has 0 aromatic heterocycles. The normalized spacial score (nSPS) is 10.6. The minimum atomic E-state index is -1.47. The lowest BCUT2D eigenvalue weighted by Crippen LogP contribution is -2.45. The Morgan fingerprint density at radius 3 is 1.61 bits per heavy atom. The van der Waals surface area contributed by atoms with Crippen molar-refractivity contribution in [1.29, 1.82) is 0 Å². The molecule has 0 amide bonds. The maximum atomic E-state index is 11.6. The largest absolute Gasteiger partial charge is 0.455 e. The van der Waals surface area contributed by atoms with Gasteiger partial charge in [0.25, 0.3) is 5.79 Å². The van der Waals surface area contributed by atoms with Crippen LogP contribution in [0.15, 0.2) is 55.6 Å². The van der Waals surface area contributed by atoms with Gasteiger partial charge in [0, 0.05) is 45.0 Å². The van der Waals surface area contributed by atoms with Gasteiger partial charge in [-0.15, -0.1) is 4.89 Å². The number of aliphatic hydroxyl groups excluding tert-OH is 4. The lowest BCUT2D eigenvalue weighted by atomic mass is 10.0. The Morgan fingerprint density at radius 2 is 1.17 bits per heavy atom. The van der Waals surface area contributed by atoms with Gasteiger partial charge in [0.1, 0.15) is 5.75 Å². The lowest BCUT2D eigenvalue weighted by Gasteiger charge is -2.31. The van der Waals surface area contributed by atoms with Gasteiger partial charge in [-0.3, -0.25) is 4.89 Å². The molecule has 1 atom stereocenters. The molecule has 0 saturated carbocycles. The summed E-state index contributed by atoms with van der Waals surface area (Å²) in [6, 6.07) is 8.95. The first-order valence-electron chi connectivity index (χ1n) is 14.2. The Morgan fingerprint density at radius 1 is 0.732 bits per heavy atom. The molecule has 0 bridgehead atoms. The minimum Gasteiger partial charge on any atom is -0.455 e. The van der Waals surface area contributed by atoms with Crippen LogP contribution in [0.25, 0.3) is 0 Å². The van der Waals surface area contributed by atoms with Crippen molar-refractivity contribution < 1.29 is 49.3 Å². The molecule has 0 heterocycles. The van der Waals surface area contributed by atoms with Gasteiger partial charge in [0.15, 0.2) is 6.61 Å². The van der Waals surface area contributed by atoms with E-state index in [1.165, 1.54) is 19.3 Å². The van der Waals surface area contributed by atoms with Crippen molar-refractivity contribution in [2.75, 3.05) is 33.0 Å². The number of hydrogen-bond donors (Lipinski definition) is 4. The maximum Gasteiger partial charge on any atom is 0.365 e. The molecule has 1 unspecified atom stereocenters. The summed E-state index contributed by atoms with van der Waals surface area (Å²) in [7, 11) is 0. The summed E-state index contributed by atoms with van der Waals surface area (Å²) in [6.07, 6.45) is 10.0. The number of ether oxygens (including phenoxy) is 2. The van der Waals surface area contributed by atoms with Crippen LogP contribution in [0.2, 0.25) is 0 Å². The monoisotopic (exact) mass is 588 g/mol. The SMILES string of the molecule is C=CC(=O)OCC(CCCCCCCCC)(OOC(=O)C=C)Oc1ccccc1.CCO.CCO.CCO.CCO. The number of rotatable bonds is 16. The first-order valence-corrected chi connectivity index (χ1v) is 14.2. The quantitative estimate of drug-likeness (QED) is 0.0501. The Hall–Kier alpha value is -2.76. The van der Waals surface area contributed by atoms with E-state index in [0.29, 0.717) is 12.2 Å². The van der Waals surface area contributed by atoms with Crippen LogP contribution in [0, 0.1) is 0 Å². The molecule has 240 valence electrons. The van der Waals surface area contributed by atoms with Crippen LogP contribution in [0.4, 0.5) is 0 Å². The molecule has 41 heavy (non-hydrogen) atoms. The van der Waals surface area contributed by atoms with E-state index in [0.717, 1.165) is 37.8 Å². The van der Waals surface area contributed by atoms with Crippen molar-refractivity contribution in [3.63, 3.8) is 0 Å². The smallest absolute Gasteiger partial charge is 0.365 e. The van der Waals surface area contributed by atoms with Gasteiger partial charge in [0.2, 0.25) is 0 Å². The van der Waals surface area contributed by atoms with Gasteiger partial charge in [-0.1, -0.05) is 76.8 Å². The van der Waals surface area contributed by atoms with Crippen molar-refractivity contribution in [3.05, 3.63) is 55.6 Å². The third kappa shape index (κ3) is 35.2. The average molecular weight is 589 g/mol. The molecule has 1 aromatic rings. The number of para-hydroxylation sites is 1. The number of unbranched alkanes of at least 4 members (excludes halogenated alkanes) is 6. The van der Waals surface area contributed by atoms with Gasteiger partial charge in [-0.05, 0) is 46.2 Å². The molecule has 10 heteroatoms. The molecular weight excluding hydrogens is 532 g/mol. The maximum absolute atomic E-state index is 11.6. The first-order chi connectivity index (χ1) is 19.7. The molecule has 1 aromatic carbocycles. The predicted molar refractivity (Wildman–Crippen MR) is 162 cm³/mol. The number of carbonyl (C=O) groups is 2. The fourth-order valence-corrected chi connectivity index (χ4v) is 2.68. The third-order valence-corrected chi connectivity index (χ3v) is 4.25. The zero-order valence-electron chi connectivity index (χ0n) is 25.9. The number of esters is 1. The van der Waals surface area contributed by atoms with Gasteiger partial charge in [0.05, 0.1) is 0 Å². The van der Waals surface area contributed by atoms with Crippen LogP contribution in [0.5, 0.6) is 5.75 Å². The molecule has 0 aliphatic heterocycles. The number of hydrogen-bond acceptors (Lipinski definition) is 10. The summed E-state index contributed by atoms with van der Waals surface area (Å²) in [4.78, 5) is 33.3. The summed E-state index contributed by atoms with van der Waals surface area (Å²) in [5.74, 6) is -2.35. The average Bonchev–Trinajstić information content (AvgIpc) is 2.96. The molecule has 1 rings (SSSR count). The molecule has 0 spiro atoms. The van der Waals surface area contributed by atoms with E-state index in [-0.39, 0.29) is 33.0 Å². The van der Waals surface area contributed by atoms with Crippen LogP contribution >= 0.6 is 0 Å². The van der Waals surface area contributed by atoms with Crippen LogP contribution in [0.3, 0.4) is 0 Å². The van der Waals surface area contributed by atoms with Gasteiger partial charge < -0.3 is 29.9 Å². The Bertz CT molecular complexity index is 663. The van der Waals surface area contributed by atoms with E-state index in [4.69, 9.17) is 39.7 Å². The lowest BCUT2D eigenvalue weighted by molar-refractivity contribution is -0.390. The summed E-state index contributed by atoms with van der Waals surface area (Å²) in [5.41, 5.74) is 0. The molecular formula is C31H56O10. The molecule has 0 saturated heterocycles. The highest BCUT2D eigenvalue weighted by Crippen LogP contribution is 2.27. The summed E-state index contributed by atoms with van der Waals surface area (Å²) in [6.45, 7) is 16.4. The third-order valence-electron chi connectivity index (χ3n) is 4.25. The van der Waals surface area contributed by atoms with E-state index in [9.17, 15) is 9.59 Å². The Balaban J connectivity index is -0.000000486. The summed E-state index contributed by atoms with van der Waals surface area (Å²) < 4.78 is 11.2. The highest BCUT2D eigenvalue weighted by Gasteiger charge is 2.38. The molecule has 0 fully saturated rings. The molecule has 0 aliphatic rings. The van der Waals surface area contributed by atoms with Gasteiger partial charge >= 0.3 is 11.9 Å². The number of carbonyl (C=O) groups excluding carboxylic acids is 2. The standard InChI is InChI=1S/C23H32O6.4C2H6O/c1-4-7-8-9-10-11-15-18-23(19-26-21(24)5-2,29-28-22(25)6-3)27-20-16-13-12-14-17-20;4*1-2-3/h5-6,12-14,16-17H,2-4,7-11,15,18-19H2,1H3;4*3H,2H2,1H3. The van der Waals surface area contributed by atoms with E-state index in [1.54, 1.807) is 52.0 Å². The highest BCUT2D eigenvalue weighted by molar-refractivity contribution is 5.81. The topological polar surface area (TPSA) is 152 Å². The zero-order chi connectivity index (χ0) is 32.2. The second-order valence-corrected chi connectivity index (χ2v) is 7.96. The fraction of sp³-hybridized carbons (Fsp3) is 0.613. The highest BCUT2D eigenvalue weighted by atomic mass is 17.2. The van der Waals surface area contributed by atoms with E-state index in [1.807, 2.05) is 6.07 Å². The van der Waals surface area contributed by atoms with E-state index >= 15 is 0 Å². The summed E-state index contributed by atoms with van der Waals surface area (Å²) in [5, 5.41) is 30.3. The second kappa shape index (κ2) is 37.2. The van der Waals surface area contributed by atoms with E-state index < -0.39 is 17.7 Å². The second-order valence-electron chi connectivity index (χ2n) is 7.96. The Kier molecular flexibility index (Phi) is 41.1. The molecule has 4 N–H and O–H groups in total. The van der Waals surface area contributed by atoms with Crippen molar-refractivity contribution in [1.82, 2.24) is 0 Å². The van der Waals surface area contributed by atoms with Crippen molar-refractivity contribution >= 4 is 11.9 Å². The Labute approximate surface area is 247 Å². The van der Waals surface area contributed by atoms with Crippen LogP contribution in [-0.4, -0.2) is 71.2 Å². The number of benzene rings is 1. The van der Waals surface area contributed by atoms with Crippen LogP contribution < -0.4 is 4.74 Å². The van der Waals surface area contributed by atoms with Gasteiger partial charge in [-0.2, -0.15) is 0 Å². The molecule has 0 radical (unpaired) electrons. The zero-order valence-corrected chi connectivity index (χ0v) is 25.9.